The van der Waals surface area contributed by atoms with Crippen molar-refractivity contribution in [2.45, 2.75) is 39.7 Å². The molecule has 2 aliphatic rings. The van der Waals surface area contributed by atoms with Crippen LogP contribution < -0.4 is 5.32 Å². The van der Waals surface area contributed by atoms with Crippen LogP contribution in [0, 0.1) is 32.1 Å². The molecule has 1 N–H and O–H groups in total. The number of allylic oxidation sites excluding steroid dienone is 2. The van der Waals surface area contributed by atoms with Crippen LogP contribution in [0.3, 0.4) is 0 Å². The van der Waals surface area contributed by atoms with Crippen LogP contribution in [0.15, 0.2) is 53.8 Å². The van der Waals surface area contributed by atoms with E-state index in [0.717, 1.165) is 27.6 Å². The van der Waals surface area contributed by atoms with Gasteiger partial charge in [-0.3, -0.25) is 9.59 Å². The van der Waals surface area contributed by atoms with E-state index in [1.165, 1.54) is 10.9 Å². The molecule has 1 aromatic carbocycles. The molecule has 9 nitrogen and oxygen atoms in total. The maximum Gasteiger partial charge on any atom is 0.252 e. The van der Waals surface area contributed by atoms with E-state index in [0.29, 0.717) is 11.7 Å². The van der Waals surface area contributed by atoms with Crippen molar-refractivity contribution in [2.75, 3.05) is 5.32 Å². The Kier molecular flexibility index (Phi) is 5.09. The molecule has 0 bridgehead atoms. The number of amides is 2. The number of aromatic nitrogens is 3. The predicted molar refractivity (Wildman–Crippen MR) is 132 cm³/mol. The van der Waals surface area contributed by atoms with Crippen LogP contribution in [-0.2, 0) is 9.59 Å². The van der Waals surface area contributed by atoms with Crippen LogP contribution in [-0.4, -0.2) is 42.9 Å². The van der Waals surface area contributed by atoms with Gasteiger partial charge in [0.25, 0.3) is 11.8 Å². The summed E-state index contributed by atoms with van der Waals surface area (Å²) < 4.78 is 1.46. The highest BCUT2D eigenvalue weighted by molar-refractivity contribution is 6.12. The maximum absolute atomic E-state index is 13.6. The Bertz CT molecular complexity index is 1550. The van der Waals surface area contributed by atoms with E-state index in [4.69, 9.17) is 4.98 Å². The summed E-state index contributed by atoms with van der Waals surface area (Å²) in [5.74, 6) is 0.226. The minimum absolute atomic E-state index is 0.109. The summed E-state index contributed by atoms with van der Waals surface area (Å²) >= 11 is 0. The molecule has 3 aromatic rings. The first kappa shape index (κ1) is 22.2. The molecule has 2 amide bonds. The van der Waals surface area contributed by atoms with Crippen molar-refractivity contribution in [3.05, 3.63) is 71.1 Å². The third-order valence-electron chi connectivity index (χ3n) is 6.37. The van der Waals surface area contributed by atoms with E-state index < -0.39 is 11.4 Å². The molecule has 35 heavy (non-hydrogen) atoms. The van der Waals surface area contributed by atoms with Crippen LogP contribution in [0.5, 0.6) is 0 Å². The molecule has 1 unspecified atom stereocenters. The lowest BCUT2D eigenvalue weighted by atomic mass is 9.91. The Hall–Kier alpha value is -4.58. The Morgan fingerprint density at radius 1 is 1.17 bits per heavy atom. The summed E-state index contributed by atoms with van der Waals surface area (Å²) in [5, 5.41) is 18.0. The molecule has 5 rings (SSSR count). The first-order valence-electron chi connectivity index (χ1n) is 11.2. The van der Waals surface area contributed by atoms with Gasteiger partial charge in [-0.05, 0) is 63.1 Å². The zero-order valence-electron chi connectivity index (χ0n) is 19.8. The van der Waals surface area contributed by atoms with Crippen molar-refractivity contribution in [2.24, 2.45) is 4.99 Å². The van der Waals surface area contributed by atoms with Gasteiger partial charge in [-0.25, -0.2) is 4.98 Å². The van der Waals surface area contributed by atoms with Crippen LogP contribution in [0.25, 0.3) is 16.7 Å². The number of rotatable bonds is 3. The zero-order valence-corrected chi connectivity index (χ0v) is 19.8. The van der Waals surface area contributed by atoms with Gasteiger partial charge in [-0.1, -0.05) is 17.7 Å². The fourth-order valence-corrected chi connectivity index (χ4v) is 4.58. The number of fused-ring (bicyclic) bond motifs is 2. The molecule has 0 spiro atoms. The minimum Gasteiger partial charge on any atom is -0.317 e. The number of aliphatic imine (C=N–C) groups is 1. The van der Waals surface area contributed by atoms with E-state index in [1.807, 2.05) is 26.8 Å². The molecular formula is C26H23N7O2. The number of aryl methyl sites for hydroxylation is 3. The van der Waals surface area contributed by atoms with E-state index in [9.17, 15) is 14.9 Å². The van der Waals surface area contributed by atoms with Gasteiger partial charge >= 0.3 is 0 Å². The predicted octanol–water partition coefficient (Wildman–Crippen LogP) is 3.63. The maximum atomic E-state index is 13.6. The molecule has 9 heteroatoms. The van der Waals surface area contributed by atoms with Gasteiger partial charge in [0, 0.05) is 11.6 Å². The Morgan fingerprint density at radius 2 is 1.97 bits per heavy atom. The minimum atomic E-state index is -1.24. The topological polar surface area (TPSA) is 116 Å². The zero-order chi connectivity index (χ0) is 24.9. The van der Waals surface area contributed by atoms with E-state index >= 15 is 0 Å². The fourth-order valence-electron chi connectivity index (χ4n) is 4.58. The number of nitrogens with zero attached hydrogens (tertiary/aromatic N) is 6. The Labute approximate surface area is 202 Å². The van der Waals surface area contributed by atoms with E-state index in [-0.39, 0.29) is 23.7 Å². The summed E-state index contributed by atoms with van der Waals surface area (Å²) in [6.07, 6.45) is 8.21. The van der Waals surface area contributed by atoms with Gasteiger partial charge < -0.3 is 10.2 Å². The van der Waals surface area contributed by atoms with Crippen molar-refractivity contribution in [3.63, 3.8) is 0 Å². The molecule has 0 radical (unpaired) electrons. The lowest BCUT2D eigenvalue weighted by Crippen LogP contribution is -2.58. The quantitative estimate of drug-likeness (QED) is 0.631. The molecule has 0 fully saturated rings. The summed E-state index contributed by atoms with van der Waals surface area (Å²) in [7, 11) is 0. The van der Waals surface area contributed by atoms with Gasteiger partial charge in [0.2, 0.25) is 0 Å². The van der Waals surface area contributed by atoms with Crippen LogP contribution in [0.1, 0.15) is 35.6 Å². The molecular weight excluding hydrogens is 442 g/mol. The second kappa shape index (κ2) is 8.02. The third-order valence-corrected chi connectivity index (χ3v) is 6.37. The number of nitriles is 1. The molecule has 2 aliphatic heterocycles. The number of anilines is 1. The SMILES string of the molecule is Cc1cc(C)c2nc(-n3ncc(C#N)c3NC(=O)C3(C)CC(=O)N=C4C=CC=CN43)cc(C)c2c1. The van der Waals surface area contributed by atoms with Crippen LogP contribution in [0.2, 0.25) is 0 Å². The number of carbonyl (C=O) groups excluding carboxylic acids is 2. The number of hydrogen-bond donors (Lipinski definition) is 1. The monoisotopic (exact) mass is 465 g/mol. The smallest absolute Gasteiger partial charge is 0.252 e. The van der Waals surface area contributed by atoms with Crippen molar-refractivity contribution in [3.8, 4) is 11.9 Å². The lowest BCUT2D eigenvalue weighted by molar-refractivity contribution is -0.130. The van der Waals surface area contributed by atoms with Crippen molar-refractivity contribution in [1.29, 1.82) is 5.26 Å². The number of amidine groups is 1. The fraction of sp³-hybridized carbons (Fsp3) is 0.231. The standard InChI is InChI=1S/C26H23N7O2/c1-15-9-17(3)23-19(10-15)16(2)11-21(30-23)33-24(18(13-27)14-28-33)31-25(35)26(4)12-22(34)29-20-7-5-6-8-32(20)26/h5-11,14H,12H2,1-4H3,(H,31,35). The Balaban J connectivity index is 1.58. The number of nitrogens with one attached hydrogen (secondary N) is 1. The lowest BCUT2D eigenvalue weighted by Gasteiger charge is -2.41. The highest BCUT2D eigenvalue weighted by atomic mass is 16.2. The van der Waals surface area contributed by atoms with Gasteiger partial charge in [0.1, 0.15) is 23.0 Å². The summed E-state index contributed by atoms with van der Waals surface area (Å²) in [6, 6.07) is 8.11. The van der Waals surface area contributed by atoms with Crippen molar-refractivity contribution < 1.29 is 9.59 Å². The number of benzene rings is 1. The number of hydrogen-bond acceptors (Lipinski definition) is 6. The highest BCUT2D eigenvalue weighted by Gasteiger charge is 2.45. The summed E-state index contributed by atoms with van der Waals surface area (Å²) in [6.45, 7) is 7.71. The van der Waals surface area contributed by atoms with E-state index in [1.54, 1.807) is 36.3 Å². The second-order valence-corrected chi connectivity index (χ2v) is 9.04. The molecule has 1 atom stereocenters. The number of carbonyl (C=O) groups is 2. The molecule has 0 saturated carbocycles. The number of pyridine rings is 1. The largest absolute Gasteiger partial charge is 0.317 e. The van der Waals surface area contributed by atoms with E-state index in [2.05, 4.69) is 33.6 Å². The molecule has 2 aromatic heterocycles. The molecule has 0 aliphatic carbocycles. The van der Waals surface area contributed by atoms with Crippen molar-refractivity contribution >= 4 is 34.4 Å². The molecule has 4 heterocycles. The first-order valence-corrected chi connectivity index (χ1v) is 11.2. The van der Waals surface area contributed by atoms with Gasteiger partial charge in [-0.15, -0.1) is 0 Å². The van der Waals surface area contributed by atoms with Gasteiger partial charge in [0.05, 0.1) is 18.1 Å². The van der Waals surface area contributed by atoms with Crippen molar-refractivity contribution in [1.82, 2.24) is 19.7 Å². The van der Waals surface area contributed by atoms with Crippen LogP contribution in [0.4, 0.5) is 5.82 Å². The first-order chi connectivity index (χ1) is 16.7. The Morgan fingerprint density at radius 3 is 2.74 bits per heavy atom. The van der Waals surface area contributed by atoms with Gasteiger partial charge in [0.15, 0.2) is 11.6 Å². The summed E-state index contributed by atoms with van der Waals surface area (Å²) in [4.78, 5) is 36.5. The average Bonchev–Trinajstić information content (AvgIpc) is 3.22. The molecule has 174 valence electrons. The molecule has 0 saturated heterocycles. The highest BCUT2D eigenvalue weighted by Crippen LogP contribution is 2.31. The average molecular weight is 466 g/mol. The summed E-state index contributed by atoms with van der Waals surface area (Å²) in [5.41, 5.74) is 2.94. The van der Waals surface area contributed by atoms with Gasteiger partial charge in [-0.2, -0.15) is 20.0 Å². The normalized spacial score (nSPS) is 18.9. The third kappa shape index (κ3) is 3.60. The van der Waals surface area contributed by atoms with Crippen LogP contribution >= 0.6 is 0 Å². The second-order valence-electron chi connectivity index (χ2n) is 9.04.